The highest BCUT2D eigenvalue weighted by Gasteiger charge is 2.20. The number of anilines is 1. The number of aromatic carboxylic acids is 1. The molecule has 0 bridgehead atoms. The summed E-state index contributed by atoms with van der Waals surface area (Å²) in [5.41, 5.74) is 5.19. The van der Waals surface area contributed by atoms with Gasteiger partial charge >= 0.3 is 5.97 Å². The lowest BCUT2D eigenvalue weighted by molar-refractivity contribution is 0.0690. The van der Waals surface area contributed by atoms with E-state index in [9.17, 15) is 18.7 Å². The molecule has 0 saturated heterocycles. The Hall–Kier alpha value is -2.54. The second kappa shape index (κ2) is 6.70. The maximum atomic E-state index is 14.5. The van der Waals surface area contributed by atoms with Crippen molar-refractivity contribution in [1.29, 1.82) is 0 Å². The number of carbonyl (C=O) groups is 1. The fraction of sp³-hybridized carbons (Fsp3) is 0.133. The summed E-state index contributed by atoms with van der Waals surface area (Å²) in [6.45, 7) is 2.66. The Morgan fingerprint density at radius 2 is 2.13 bits per heavy atom. The fourth-order valence-electron chi connectivity index (χ4n) is 2.07. The first kappa shape index (κ1) is 16.8. The van der Waals surface area contributed by atoms with Crippen LogP contribution in [-0.2, 0) is 6.42 Å². The van der Waals surface area contributed by atoms with E-state index in [0.717, 1.165) is 0 Å². The van der Waals surface area contributed by atoms with Gasteiger partial charge in [0.2, 0.25) is 0 Å². The SMILES string of the molecule is C=Cc1c(N)nc(-c2ccc(Cl)c(CCF)c2F)nc1C(=O)O. The van der Waals surface area contributed by atoms with Gasteiger partial charge < -0.3 is 10.8 Å². The summed E-state index contributed by atoms with van der Waals surface area (Å²) in [7, 11) is 0. The van der Waals surface area contributed by atoms with Crippen molar-refractivity contribution in [3.05, 3.63) is 46.4 Å². The highest BCUT2D eigenvalue weighted by molar-refractivity contribution is 6.31. The Bertz CT molecular complexity index is 797. The van der Waals surface area contributed by atoms with Crippen molar-refractivity contribution in [2.24, 2.45) is 0 Å². The molecule has 0 aliphatic rings. The Kier molecular flexibility index (Phi) is 4.90. The zero-order valence-electron chi connectivity index (χ0n) is 11.8. The molecule has 0 spiro atoms. The predicted octanol–water partition coefficient (Wildman–Crippen LogP) is 3.37. The van der Waals surface area contributed by atoms with Crippen molar-refractivity contribution >= 4 is 29.5 Å². The number of nitrogen functional groups attached to an aromatic ring is 1. The molecule has 1 heterocycles. The van der Waals surface area contributed by atoms with Crippen LogP contribution in [0, 0.1) is 5.82 Å². The van der Waals surface area contributed by atoms with Crippen molar-refractivity contribution in [2.45, 2.75) is 6.42 Å². The topological polar surface area (TPSA) is 89.1 Å². The van der Waals surface area contributed by atoms with E-state index in [0.29, 0.717) is 0 Å². The van der Waals surface area contributed by atoms with Crippen LogP contribution in [0.1, 0.15) is 21.6 Å². The minimum atomic E-state index is -1.35. The van der Waals surface area contributed by atoms with Crippen LogP contribution in [0.2, 0.25) is 5.02 Å². The van der Waals surface area contributed by atoms with Crippen molar-refractivity contribution in [3.8, 4) is 11.4 Å². The van der Waals surface area contributed by atoms with Crippen LogP contribution >= 0.6 is 11.6 Å². The highest BCUT2D eigenvalue weighted by atomic mass is 35.5. The number of nitrogens with two attached hydrogens (primary N) is 1. The minimum Gasteiger partial charge on any atom is -0.476 e. The monoisotopic (exact) mass is 339 g/mol. The molecule has 2 aromatic rings. The maximum Gasteiger partial charge on any atom is 0.355 e. The van der Waals surface area contributed by atoms with Crippen LogP contribution in [-0.4, -0.2) is 27.7 Å². The first-order valence-electron chi connectivity index (χ1n) is 6.47. The zero-order chi connectivity index (χ0) is 17.1. The lowest BCUT2D eigenvalue weighted by Gasteiger charge is -2.11. The molecule has 1 aromatic heterocycles. The van der Waals surface area contributed by atoms with Gasteiger partial charge in [-0.1, -0.05) is 24.3 Å². The van der Waals surface area contributed by atoms with Crippen LogP contribution in [0.25, 0.3) is 17.5 Å². The van der Waals surface area contributed by atoms with Gasteiger partial charge in [0.1, 0.15) is 11.6 Å². The van der Waals surface area contributed by atoms with Gasteiger partial charge in [0.05, 0.1) is 12.2 Å². The van der Waals surface area contributed by atoms with Crippen LogP contribution in [0.3, 0.4) is 0 Å². The molecule has 1 aromatic carbocycles. The number of nitrogens with zero attached hydrogens (tertiary/aromatic N) is 2. The van der Waals surface area contributed by atoms with E-state index in [1.807, 2.05) is 0 Å². The van der Waals surface area contributed by atoms with Crippen molar-refractivity contribution < 1.29 is 18.7 Å². The zero-order valence-corrected chi connectivity index (χ0v) is 12.6. The summed E-state index contributed by atoms with van der Waals surface area (Å²) >= 11 is 5.85. The second-order valence-corrected chi connectivity index (χ2v) is 4.94. The molecule has 8 heteroatoms. The van der Waals surface area contributed by atoms with E-state index in [1.54, 1.807) is 0 Å². The van der Waals surface area contributed by atoms with E-state index < -0.39 is 24.2 Å². The summed E-state index contributed by atoms with van der Waals surface area (Å²) in [6, 6.07) is 2.65. The third-order valence-corrected chi connectivity index (χ3v) is 3.51. The molecule has 5 nitrogen and oxygen atoms in total. The minimum absolute atomic E-state index is 0.0292. The average Bonchev–Trinajstić information content (AvgIpc) is 2.50. The summed E-state index contributed by atoms with van der Waals surface area (Å²) in [5.74, 6) is -2.53. The van der Waals surface area contributed by atoms with Crippen LogP contribution in [0.4, 0.5) is 14.6 Å². The molecular formula is C15H12ClF2N3O2. The van der Waals surface area contributed by atoms with Crippen LogP contribution in [0.5, 0.6) is 0 Å². The van der Waals surface area contributed by atoms with Gasteiger partial charge in [-0.2, -0.15) is 0 Å². The summed E-state index contributed by atoms with van der Waals surface area (Å²) in [5, 5.41) is 9.25. The first-order chi connectivity index (χ1) is 10.9. The first-order valence-corrected chi connectivity index (χ1v) is 6.85. The normalized spacial score (nSPS) is 10.6. The molecule has 0 unspecified atom stereocenters. The molecule has 0 saturated carbocycles. The molecule has 120 valence electrons. The molecule has 0 fully saturated rings. The maximum absolute atomic E-state index is 14.5. The van der Waals surface area contributed by atoms with Gasteiger partial charge in [0, 0.05) is 22.6 Å². The quantitative estimate of drug-likeness (QED) is 0.871. The Morgan fingerprint density at radius 1 is 1.43 bits per heavy atom. The van der Waals surface area contributed by atoms with Crippen molar-refractivity contribution in [1.82, 2.24) is 9.97 Å². The Balaban J connectivity index is 2.70. The lowest BCUT2D eigenvalue weighted by Crippen LogP contribution is -2.10. The summed E-state index contributed by atoms with van der Waals surface area (Å²) in [6.07, 6.45) is 0.986. The smallest absolute Gasteiger partial charge is 0.355 e. The molecule has 23 heavy (non-hydrogen) atoms. The van der Waals surface area contributed by atoms with E-state index in [4.69, 9.17) is 17.3 Å². The fourth-order valence-corrected chi connectivity index (χ4v) is 2.31. The van der Waals surface area contributed by atoms with Gasteiger partial charge in [-0.15, -0.1) is 0 Å². The van der Waals surface area contributed by atoms with Gasteiger partial charge in [0.15, 0.2) is 11.5 Å². The van der Waals surface area contributed by atoms with Crippen LogP contribution in [0.15, 0.2) is 18.7 Å². The average molecular weight is 340 g/mol. The molecular weight excluding hydrogens is 328 g/mol. The number of aromatic nitrogens is 2. The molecule has 0 aliphatic heterocycles. The van der Waals surface area contributed by atoms with E-state index in [1.165, 1.54) is 18.2 Å². The standard InChI is InChI=1S/C15H12ClF2N3O2/c1-2-7-12(15(22)23)20-14(21-13(7)19)9-3-4-10(16)8(5-6-17)11(9)18/h2-4H,1,5-6H2,(H,22,23)(H2,19,20,21). The predicted molar refractivity (Wildman–Crippen MR) is 83.6 cm³/mol. The van der Waals surface area contributed by atoms with Gasteiger partial charge in [-0.25, -0.2) is 19.2 Å². The number of carboxylic acids is 1. The number of rotatable bonds is 5. The third-order valence-electron chi connectivity index (χ3n) is 3.15. The number of alkyl halides is 1. The summed E-state index contributed by atoms with van der Waals surface area (Å²) < 4.78 is 27.1. The number of halogens is 3. The van der Waals surface area contributed by atoms with Gasteiger partial charge in [-0.05, 0) is 12.1 Å². The Labute approximate surface area is 135 Å². The second-order valence-electron chi connectivity index (χ2n) is 4.53. The Morgan fingerprint density at radius 3 is 2.70 bits per heavy atom. The molecule has 2 rings (SSSR count). The van der Waals surface area contributed by atoms with E-state index >= 15 is 0 Å². The third kappa shape index (κ3) is 3.14. The molecule has 3 N–H and O–H groups in total. The number of hydrogen-bond donors (Lipinski definition) is 2. The highest BCUT2D eigenvalue weighted by Crippen LogP contribution is 2.30. The lowest BCUT2D eigenvalue weighted by atomic mass is 10.1. The van der Waals surface area contributed by atoms with Crippen LogP contribution < -0.4 is 5.73 Å². The number of benzene rings is 1. The molecule has 0 radical (unpaired) electrons. The van der Waals surface area contributed by atoms with E-state index in [2.05, 4.69) is 16.5 Å². The van der Waals surface area contributed by atoms with E-state index in [-0.39, 0.29) is 39.8 Å². The summed E-state index contributed by atoms with van der Waals surface area (Å²) in [4.78, 5) is 19.0. The molecule has 0 amide bonds. The largest absolute Gasteiger partial charge is 0.476 e. The molecule has 0 aliphatic carbocycles. The number of hydrogen-bond acceptors (Lipinski definition) is 4. The number of carboxylic acid groups (broad SMARTS) is 1. The van der Waals surface area contributed by atoms with Crippen molar-refractivity contribution in [3.63, 3.8) is 0 Å². The molecule has 0 atom stereocenters. The van der Waals surface area contributed by atoms with Gasteiger partial charge in [0.25, 0.3) is 0 Å². The van der Waals surface area contributed by atoms with Gasteiger partial charge in [-0.3, -0.25) is 4.39 Å². The van der Waals surface area contributed by atoms with Crippen molar-refractivity contribution in [2.75, 3.05) is 12.4 Å².